The summed E-state index contributed by atoms with van der Waals surface area (Å²) in [5.41, 5.74) is 6.81. The first-order chi connectivity index (χ1) is 6.20. The summed E-state index contributed by atoms with van der Waals surface area (Å²) in [5.74, 6) is 0.259. The summed E-state index contributed by atoms with van der Waals surface area (Å²) >= 11 is 0. The third kappa shape index (κ3) is 7.35. The summed E-state index contributed by atoms with van der Waals surface area (Å²) in [6, 6.07) is 5.08. The molecule has 5 N–H and O–H groups in total. The average Bonchev–Trinajstić information content (AvgIpc) is 1.94. The summed E-state index contributed by atoms with van der Waals surface area (Å²) in [5, 5.41) is 9.02. The molecule has 0 aliphatic carbocycles. The van der Waals surface area contributed by atoms with Crippen molar-refractivity contribution in [1.82, 2.24) is 0 Å². The normalized spacial score (nSPS) is 10.2. The predicted octanol–water partition coefficient (Wildman–Crippen LogP) is 0.630. The molecule has 0 saturated carbocycles. The maximum Gasteiger partial charge on any atom is 0.394 e. The van der Waals surface area contributed by atoms with Gasteiger partial charge in [-0.05, 0) is 18.6 Å². The number of benzene rings is 1. The standard InChI is InChI=1S/C7H9NO.H2O4S/c1-5-2-3-6(8)4-7(5)9;1-5(2,3)4/h2-4,9H,8H2,1H3;(H2,1,2,3,4). The molecule has 0 bridgehead atoms. The largest absolute Gasteiger partial charge is 0.508 e. The number of aryl methyl sites for hydroxylation is 1. The van der Waals surface area contributed by atoms with Crippen LogP contribution in [0.4, 0.5) is 5.69 Å². The highest BCUT2D eigenvalue weighted by molar-refractivity contribution is 7.79. The molecule has 0 unspecified atom stereocenters. The number of aromatic hydroxyl groups is 1. The first kappa shape index (κ1) is 12.7. The van der Waals surface area contributed by atoms with Gasteiger partial charge in [0.15, 0.2) is 0 Å². The Morgan fingerprint density at radius 2 is 1.71 bits per heavy atom. The first-order valence-corrected chi connectivity index (χ1v) is 4.85. The Balaban J connectivity index is 0.000000292. The van der Waals surface area contributed by atoms with Crippen molar-refractivity contribution in [3.63, 3.8) is 0 Å². The van der Waals surface area contributed by atoms with Crippen LogP contribution in [-0.2, 0) is 10.4 Å². The maximum atomic E-state index is 9.02. The van der Waals surface area contributed by atoms with E-state index in [-0.39, 0.29) is 5.75 Å². The van der Waals surface area contributed by atoms with Crippen LogP contribution in [0.3, 0.4) is 0 Å². The molecule has 6 nitrogen and oxygen atoms in total. The molecule has 1 aromatic carbocycles. The molecule has 7 heteroatoms. The summed E-state index contributed by atoms with van der Waals surface area (Å²) in [6.45, 7) is 1.83. The number of rotatable bonds is 0. The topological polar surface area (TPSA) is 121 Å². The Morgan fingerprint density at radius 1 is 1.29 bits per heavy atom. The van der Waals surface area contributed by atoms with Gasteiger partial charge in [-0.25, -0.2) is 0 Å². The zero-order chi connectivity index (χ0) is 11.4. The van der Waals surface area contributed by atoms with E-state index in [1.807, 2.05) is 6.92 Å². The summed E-state index contributed by atoms with van der Waals surface area (Å²) < 4.78 is 31.6. The van der Waals surface area contributed by atoms with Gasteiger partial charge in [0.05, 0.1) is 0 Å². The molecule has 0 fully saturated rings. The fraction of sp³-hybridized carbons (Fsp3) is 0.143. The smallest absolute Gasteiger partial charge is 0.394 e. The van der Waals surface area contributed by atoms with Crippen molar-refractivity contribution < 1.29 is 22.6 Å². The van der Waals surface area contributed by atoms with E-state index in [9.17, 15) is 0 Å². The lowest BCUT2D eigenvalue weighted by Crippen LogP contribution is -1.89. The van der Waals surface area contributed by atoms with Crippen LogP contribution in [0.5, 0.6) is 5.75 Å². The van der Waals surface area contributed by atoms with E-state index in [0.29, 0.717) is 5.69 Å². The van der Waals surface area contributed by atoms with E-state index < -0.39 is 10.4 Å². The third-order valence-corrected chi connectivity index (χ3v) is 1.23. The molecule has 0 saturated heterocycles. The highest BCUT2D eigenvalue weighted by atomic mass is 32.3. The second-order valence-corrected chi connectivity index (χ2v) is 3.39. The molecule has 0 aliphatic rings. The van der Waals surface area contributed by atoms with Crippen LogP contribution in [-0.4, -0.2) is 22.6 Å². The van der Waals surface area contributed by atoms with E-state index >= 15 is 0 Å². The monoisotopic (exact) mass is 221 g/mol. The number of phenolic OH excluding ortho intramolecular Hbond substituents is 1. The molecule has 14 heavy (non-hydrogen) atoms. The number of nitrogen functional groups attached to an aromatic ring is 1. The van der Waals surface area contributed by atoms with E-state index in [0.717, 1.165) is 5.56 Å². The van der Waals surface area contributed by atoms with Crippen molar-refractivity contribution >= 4 is 16.1 Å². The number of phenols is 1. The second-order valence-electron chi connectivity index (χ2n) is 2.49. The van der Waals surface area contributed by atoms with Gasteiger partial charge in [0.25, 0.3) is 0 Å². The Hall–Kier alpha value is -1.31. The molecule has 0 aliphatic heterocycles. The van der Waals surface area contributed by atoms with Gasteiger partial charge in [0, 0.05) is 11.8 Å². The molecule has 0 spiro atoms. The maximum absolute atomic E-state index is 9.02. The number of hydrogen-bond donors (Lipinski definition) is 4. The number of hydrogen-bond acceptors (Lipinski definition) is 4. The highest BCUT2D eigenvalue weighted by Crippen LogP contribution is 2.17. The van der Waals surface area contributed by atoms with E-state index in [2.05, 4.69) is 0 Å². The molecule has 0 radical (unpaired) electrons. The fourth-order valence-electron chi connectivity index (χ4n) is 0.626. The van der Waals surface area contributed by atoms with Gasteiger partial charge in [0.2, 0.25) is 0 Å². The van der Waals surface area contributed by atoms with Crippen LogP contribution in [0.1, 0.15) is 5.56 Å². The van der Waals surface area contributed by atoms with Crippen LogP contribution in [0.2, 0.25) is 0 Å². The molecular weight excluding hydrogens is 210 g/mol. The van der Waals surface area contributed by atoms with Crippen molar-refractivity contribution in [2.75, 3.05) is 5.73 Å². The Kier molecular flexibility index (Phi) is 4.35. The summed E-state index contributed by atoms with van der Waals surface area (Å²) in [4.78, 5) is 0. The van der Waals surface area contributed by atoms with Gasteiger partial charge >= 0.3 is 10.4 Å². The van der Waals surface area contributed by atoms with Crippen molar-refractivity contribution in [2.24, 2.45) is 0 Å². The lowest BCUT2D eigenvalue weighted by molar-refractivity contribution is 0.381. The van der Waals surface area contributed by atoms with Crippen molar-refractivity contribution in [3.8, 4) is 5.75 Å². The van der Waals surface area contributed by atoms with Gasteiger partial charge in [0.1, 0.15) is 5.75 Å². The minimum Gasteiger partial charge on any atom is -0.508 e. The molecular formula is C7H11NO5S. The van der Waals surface area contributed by atoms with Crippen molar-refractivity contribution in [3.05, 3.63) is 23.8 Å². The van der Waals surface area contributed by atoms with Crippen LogP contribution >= 0.6 is 0 Å². The predicted molar refractivity (Wildman–Crippen MR) is 51.4 cm³/mol. The molecule has 1 aromatic rings. The SMILES string of the molecule is Cc1ccc(N)cc1O.O=S(=O)(O)O. The van der Waals surface area contributed by atoms with E-state index in [1.54, 1.807) is 12.1 Å². The van der Waals surface area contributed by atoms with Gasteiger partial charge in [-0.2, -0.15) is 8.42 Å². The third-order valence-electron chi connectivity index (χ3n) is 1.23. The van der Waals surface area contributed by atoms with Gasteiger partial charge in [-0.1, -0.05) is 6.07 Å². The van der Waals surface area contributed by atoms with Crippen molar-refractivity contribution in [1.29, 1.82) is 0 Å². The quantitative estimate of drug-likeness (QED) is 0.376. The number of anilines is 1. The molecule has 80 valence electrons. The molecule has 0 heterocycles. The zero-order valence-corrected chi connectivity index (χ0v) is 8.19. The lowest BCUT2D eigenvalue weighted by atomic mass is 10.2. The molecule has 0 atom stereocenters. The molecule has 0 aromatic heterocycles. The summed E-state index contributed by atoms with van der Waals surface area (Å²) in [7, 11) is -4.67. The average molecular weight is 221 g/mol. The minimum atomic E-state index is -4.67. The lowest BCUT2D eigenvalue weighted by Gasteiger charge is -1.97. The van der Waals surface area contributed by atoms with E-state index in [4.69, 9.17) is 28.4 Å². The van der Waals surface area contributed by atoms with Crippen LogP contribution in [0.25, 0.3) is 0 Å². The Bertz CT molecular complexity index is 393. The zero-order valence-electron chi connectivity index (χ0n) is 7.38. The van der Waals surface area contributed by atoms with Crippen molar-refractivity contribution in [2.45, 2.75) is 6.92 Å². The second kappa shape index (κ2) is 4.80. The Labute approximate surface area is 81.6 Å². The van der Waals surface area contributed by atoms with Crippen LogP contribution in [0, 0.1) is 6.92 Å². The van der Waals surface area contributed by atoms with Gasteiger partial charge < -0.3 is 10.8 Å². The molecule has 0 amide bonds. The number of nitrogens with two attached hydrogens (primary N) is 1. The fourth-order valence-corrected chi connectivity index (χ4v) is 0.626. The Morgan fingerprint density at radius 3 is 2.00 bits per heavy atom. The van der Waals surface area contributed by atoms with Gasteiger partial charge in [-0.3, -0.25) is 9.11 Å². The molecule has 1 rings (SSSR count). The van der Waals surface area contributed by atoms with Crippen LogP contribution in [0.15, 0.2) is 18.2 Å². The highest BCUT2D eigenvalue weighted by Gasteiger charge is 1.92. The first-order valence-electron chi connectivity index (χ1n) is 3.45. The van der Waals surface area contributed by atoms with Gasteiger partial charge in [-0.15, -0.1) is 0 Å². The van der Waals surface area contributed by atoms with E-state index in [1.165, 1.54) is 6.07 Å². The minimum absolute atomic E-state index is 0.259. The summed E-state index contributed by atoms with van der Waals surface area (Å²) in [6.07, 6.45) is 0. The van der Waals surface area contributed by atoms with Crippen LogP contribution < -0.4 is 5.73 Å².